The van der Waals surface area contributed by atoms with E-state index in [1.165, 1.54) is 92.6 Å². The summed E-state index contributed by atoms with van der Waals surface area (Å²) >= 11 is 1.93. The van der Waals surface area contributed by atoms with Crippen molar-refractivity contribution < 1.29 is 4.39 Å². The summed E-state index contributed by atoms with van der Waals surface area (Å²) in [5.74, 6) is 0.459. The van der Waals surface area contributed by atoms with E-state index in [0.717, 1.165) is 24.8 Å². The largest absolute Gasteiger partial charge is 0.207 e. The van der Waals surface area contributed by atoms with E-state index in [1.807, 2.05) is 17.4 Å². The average molecular weight is 785 g/mol. The zero-order chi connectivity index (χ0) is 40.3. The molecule has 10 rings (SSSR count). The van der Waals surface area contributed by atoms with Crippen LogP contribution in [-0.4, -0.2) is 0 Å². The fourth-order valence-electron chi connectivity index (χ4n) is 10.3. The van der Waals surface area contributed by atoms with Crippen LogP contribution in [0.15, 0.2) is 170 Å². The first-order valence-corrected chi connectivity index (χ1v) is 22.0. The molecule has 0 radical (unpaired) electrons. The molecule has 59 heavy (non-hydrogen) atoms. The van der Waals surface area contributed by atoms with Gasteiger partial charge in [0.2, 0.25) is 0 Å². The molecule has 0 nitrogen and oxygen atoms in total. The number of fused-ring (bicyclic) bond motifs is 8. The third kappa shape index (κ3) is 6.68. The van der Waals surface area contributed by atoms with Crippen LogP contribution in [0.25, 0.3) is 42.1 Å². The van der Waals surface area contributed by atoms with E-state index in [2.05, 4.69) is 179 Å². The topological polar surface area (TPSA) is 0 Å². The van der Waals surface area contributed by atoms with Gasteiger partial charge < -0.3 is 0 Å². The van der Waals surface area contributed by atoms with Crippen molar-refractivity contribution in [2.24, 2.45) is 0 Å². The van der Waals surface area contributed by atoms with Crippen molar-refractivity contribution in [1.29, 1.82) is 0 Å². The molecule has 290 valence electrons. The van der Waals surface area contributed by atoms with Crippen LogP contribution in [0.4, 0.5) is 4.39 Å². The molecule has 9 aromatic rings. The summed E-state index contributed by atoms with van der Waals surface area (Å²) in [6.45, 7) is 9.43. The lowest BCUT2D eigenvalue weighted by Crippen LogP contribution is -2.17. The molecule has 0 aliphatic heterocycles. The van der Waals surface area contributed by atoms with Crippen molar-refractivity contribution in [2.45, 2.75) is 70.1 Å². The summed E-state index contributed by atoms with van der Waals surface area (Å²) in [6.07, 6.45) is 2.79. The van der Waals surface area contributed by atoms with Gasteiger partial charge in [0.1, 0.15) is 5.82 Å². The van der Waals surface area contributed by atoms with Crippen LogP contribution >= 0.6 is 11.3 Å². The molecule has 2 heteroatoms. The predicted octanol–water partition coefficient (Wildman–Crippen LogP) is 15.9. The van der Waals surface area contributed by atoms with Gasteiger partial charge in [0.05, 0.1) is 0 Å². The molecular weight excluding hydrogens is 736 g/mol. The van der Waals surface area contributed by atoms with Gasteiger partial charge >= 0.3 is 0 Å². The second-order valence-electron chi connectivity index (χ2n) is 17.4. The Kier molecular flexibility index (Phi) is 9.57. The van der Waals surface area contributed by atoms with Gasteiger partial charge in [0.15, 0.2) is 0 Å². The lowest BCUT2D eigenvalue weighted by atomic mass is 9.75. The summed E-state index contributed by atoms with van der Waals surface area (Å²) in [5, 5.41) is 5.41. The molecule has 0 amide bonds. The summed E-state index contributed by atoms with van der Waals surface area (Å²) in [6, 6.07) is 61.9. The van der Waals surface area contributed by atoms with Gasteiger partial charge in [0.25, 0.3) is 0 Å². The highest BCUT2D eigenvalue weighted by Crippen LogP contribution is 2.54. The Morgan fingerprint density at radius 2 is 1.31 bits per heavy atom. The molecule has 1 aliphatic carbocycles. The average Bonchev–Trinajstić information content (AvgIpc) is 3.75. The summed E-state index contributed by atoms with van der Waals surface area (Å²) in [4.78, 5) is 0. The first-order chi connectivity index (χ1) is 28.7. The van der Waals surface area contributed by atoms with Crippen LogP contribution in [0, 0.1) is 12.7 Å². The Hall–Kier alpha value is -5.83. The molecule has 3 unspecified atom stereocenters. The Balaban J connectivity index is 1.07. The third-order valence-electron chi connectivity index (χ3n) is 13.4. The molecular formula is C57H49FS. The van der Waals surface area contributed by atoms with E-state index in [1.54, 1.807) is 6.07 Å². The van der Waals surface area contributed by atoms with E-state index in [-0.39, 0.29) is 29.0 Å². The van der Waals surface area contributed by atoms with Crippen molar-refractivity contribution in [2.75, 3.05) is 0 Å². The molecule has 0 fully saturated rings. The van der Waals surface area contributed by atoms with Crippen LogP contribution in [0.1, 0.15) is 95.0 Å². The quantitative estimate of drug-likeness (QED) is 0.130. The molecule has 0 bridgehead atoms. The van der Waals surface area contributed by atoms with Crippen molar-refractivity contribution in [3.63, 3.8) is 0 Å². The molecule has 3 atom stereocenters. The van der Waals surface area contributed by atoms with Crippen molar-refractivity contribution in [3.8, 4) is 11.1 Å². The molecule has 8 aromatic carbocycles. The molecule has 1 heterocycles. The second kappa shape index (κ2) is 15.1. The Morgan fingerprint density at radius 1 is 0.593 bits per heavy atom. The Labute approximate surface area is 352 Å². The van der Waals surface area contributed by atoms with E-state index in [4.69, 9.17) is 0 Å². The van der Waals surface area contributed by atoms with Gasteiger partial charge in [-0.3, -0.25) is 0 Å². The Morgan fingerprint density at radius 3 is 2.12 bits per heavy atom. The smallest absolute Gasteiger partial charge is 0.123 e. The second-order valence-corrected chi connectivity index (χ2v) is 18.5. The maximum atomic E-state index is 14.4. The van der Waals surface area contributed by atoms with E-state index >= 15 is 0 Å². The number of thiophene rings is 1. The SMILES string of the molecule is Cc1cccc(C(CCc2cccc3c2sc2ccccc23)c2cc3c(c4ccccc24)-c2ccc(C(C)C(Cc4cccc(F)c4)c4ccccc4)cc2C3(C)C)c1. The van der Waals surface area contributed by atoms with Gasteiger partial charge in [-0.25, -0.2) is 4.39 Å². The zero-order valence-electron chi connectivity index (χ0n) is 34.3. The van der Waals surface area contributed by atoms with Gasteiger partial charge in [-0.15, -0.1) is 11.3 Å². The van der Waals surface area contributed by atoms with Gasteiger partial charge in [-0.2, -0.15) is 0 Å². The van der Waals surface area contributed by atoms with E-state index in [9.17, 15) is 4.39 Å². The van der Waals surface area contributed by atoms with Crippen LogP contribution in [0.3, 0.4) is 0 Å². The lowest BCUT2D eigenvalue weighted by molar-refractivity contribution is 0.565. The maximum absolute atomic E-state index is 14.4. The standard InChI is InChI=1S/C57H49FS/c1-36-15-12-20-42(31-36)44(29-27-40-19-14-25-48-46-23-10-11-26-54(46)59-56(40)48)51-35-53-55(47-24-9-8-22-45(47)51)49-30-28-41(34-52(49)57(53,3)4)37(2)50(39-17-6-5-7-18-39)33-38-16-13-21-43(58)32-38/h5-26,28,30-32,34-35,37,44,50H,27,29,33H2,1-4H3. The minimum atomic E-state index is -0.205. The fraction of sp³-hybridized carbons (Fsp3) is 0.193. The van der Waals surface area contributed by atoms with E-state index in [0.29, 0.717) is 0 Å². The summed E-state index contributed by atoms with van der Waals surface area (Å²) in [5.41, 5.74) is 14.5. The number of hydrogen-bond acceptors (Lipinski definition) is 1. The first-order valence-electron chi connectivity index (χ1n) is 21.2. The van der Waals surface area contributed by atoms with Crippen LogP contribution in [0.5, 0.6) is 0 Å². The van der Waals surface area contributed by atoms with E-state index < -0.39 is 0 Å². The molecule has 0 saturated heterocycles. The first kappa shape index (κ1) is 37.4. The highest BCUT2D eigenvalue weighted by molar-refractivity contribution is 7.26. The summed E-state index contributed by atoms with van der Waals surface area (Å²) in [7, 11) is 0. The van der Waals surface area contributed by atoms with Gasteiger partial charge in [0, 0.05) is 31.5 Å². The van der Waals surface area contributed by atoms with Crippen molar-refractivity contribution in [3.05, 3.63) is 226 Å². The Bertz CT molecular complexity index is 3000. The number of hydrogen-bond donors (Lipinski definition) is 0. The number of rotatable bonds is 10. The van der Waals surface area contributed by atoms with Crippen LogP contribution in [0.2, 0.25) is 0 Å². The number of benzene rings is 8. The maximum Gasteiger partial charge on any atom is 0.123 e. The van der Waals surface area contributed by atoms with Gasteiger partial charge in [-0.1, -0.05) is 178 Å². The number of halogens is 1. The molecule has 1 aromatic heterocycles. The zero-order valence-corrected chi connectivity index (χ0v) is 35.1. The minimum Gasteiger partial charge on any atom is -0.207 e. The minimum absolute atomic E-state index is 0.177. The number of aryl methyl sites for hydroxylation is 2. The monoisotopic (exact) mass is 784 g/mol. The molecule has 0 spiro atoms. The van der Waals surface area contributed by atoms with Crippen LogP contribution in [-0.2, 0) is 18.3 Å². The third-order valence-corrected chi connectivity index (χ3v) is 14.7. The van der Waals surface area contributed by atoms with Crippen molar-refractivity contribution >= 4 is 42.3 Å². The lowest BCUT2D eigenvalue weighted by Gasteiger charge is -2.28. The van der Waals surface area contributed by atoms with Gasteiger partial charge in [-0.05, 0) is 123 Å². The van der Waals surface area contributed by atoms with Crippen LogP contribution < -0.4 is 0 Å². The fourth-order valence-corrected chi connectivity index (χ4v) is 11.6. The predicted molar refractivity (Wildman–Crippen MR) is 250 cm³/mol. The molecule has 0 saturated carbocycles. The van der Waals surface area contributed by atoms with Crippen molar-refractivity contribution in [1.82, 2.24) is 0 Å². The summed E-state index contributed by atoms with van der Waals surface area (Å²) < 4.78 is 17.2. The molecule has 1 aliphatic rings. The highest BCUT2D eigenvalue weighted by Gasteiger charge is 2.39. The molecule has 0 N–H and O–H groups in total. The normalized spacial score (nSPS) is 14.7. The highest BCUT2D eigenvalue weighted by atomic mass is 32.1.